The molecule has 0 aliphatic rings. The number of carbonyl (C=O) groups is 1. The van der Waals surface area contributed by atoms with Crippen LogP contribution in [0.4, 0.5) is 0 Å². The summed E-state index contributed by atoms with van der Waals surface area (Å²) in [4.78, 5) is 11.6. The lowest BCUT2D eigenvalue weighted by Gasteiger charge is -2.07. The van der Waals surface area contributed by atoms with E-state index in [4.69, 9.17) is 19.2 Å². The van der Waals surface area contributed by atoms with Gasteiger partial charge >= 0.3 is 5.97 Å². The van der Waals surface area contributed by atoms with Crippen molar-refractivity contribution in [2.45, 2.75) is 33.3 Å². The number of ether oxygens (including phenoxy) is 2. The van der Waals surface area contributed by atoms with E-state index in [1.54, 1.807) is 19.1 Å². The monoisotopic (exact) mass is 339 g/mol. The fraction of sp³-hybridized carbons (Fsp3) is 0.300. The Bertz CT molecular complexity index is 779. The number of hydrogen-bond acceptors (Lipinski definition) is 5. The summed E-state index contributed by atoms with van der Waals surface area (Å²) in [5.74, 6) is 1.56. The van der Waals surface area contributed by atoms with Crippen molar-refractivity contribution in [1.29, 1.82) is 5.26 Å². The summed E-state index contributed by atoms with van der Waals surface area (Å²) in [6.45, 7) is 6.43. The van der Waals surface area contributed by atoms with Crippen LogP contribution in [0.15, 0.2) is 46.4 Å². The Morgan fingerprint density at radius 3 is 2.56 bits per heavy atom. The highest BCUT2D eigenvalue weighted by atomic mass is 16.5. The molecule has 0 bridgehead atoms. The fourth-order valence-corrected chi connectivity index (χ4v) is 2.14. The van der Waals surface area contributed by atoms with E-state index in [9.17, 15) is 4.79 Å². The van der Waals surface area contributed by atoms with Gasteiger partial charge < -0.3 is 13.9 Å². The first-order chi connectivity index (χ1) is 12.0. The van der Waals surface area contributed by atoms with Crippen LogP contribution in [0.1, 0.15) is 43.8 Å². The maximum absolute atomic E-state index is 11.6. The number of hydrogen-bond donors (Lipinski definition) is 0. The van der Waals surface area contributed by atoms with Crippen molar-refractivity contribution >= 4 is 12.0 Å². The Hall–Kier alpha value is -3.00. The Morgan fingerprint density at radius 1 is 1.24 bits per heavy atom. The van der Waals surface area contributed by atoms with Crippen LogP contribution in [0, 0.1) is 11.3 Å². The van der Waals surface area contributed by atoms with Gasteiger partial charge in [-0.05, 0) is 42.7 Å². The van der Waals surface area contributed by atoms with E-state index >= 15 is 0 Å². The molecular weight excluding hydrogens is 318 g/mol. The third kappa shape index (κ3) is 5.25. The maximum Gasteiger partial charge on any atom is 0.349 e. The molecule has 0 saturated heterocycles. The van der Waals surface area contributed by atoms with Gasteiger partial charge in [0.1, 0.15) is 35.5 Å². The molecule has 2 rings (SSSR count). The topological polar surface area (TPSA) is 72.5 Å². The van der Waals surface area contributed by atoms with Gasteiger partial charge in [-0.15, -0.1) is 0 Å². The lowest BCUT2D eigenvalue weighted by atomic mass is 10.0. The van der Waals surface area contributed by atoms with Crippen LogP contribution in [0.25, 0.3) is 6.08 Å². The number of rotatable bonds is 7. The van der Waals surface area contributed by atoms with E-state index in [0.29, 0.717) is 17.4 Å². The fourth-order valence-electron chi connectivity index (χ4n) is 2.14. The number of nitriles is 1. The molecule has 0 radical (unpaired) electrons. The summed E-state index contributed by atoms with van der Waals surface area (Å²) in [5, 5.41) is 9.02. The largest absolute Gasteiger partial charge is 0.486 e. The molecule has 1 aromatic carbocycles. The molecule has 0 atom stereocenters. The Balaban J connectivity index is 1.99. The molecular formula is C20H21NO4. The molecule has 0 fully saturated rings. The van der Waals surface area contributed by atoms with Gasteiger partial charge in [-0.2, -0.15) is 5.26 Å². The number of carbonyl (C=O) groups excluding carboxylic acids is 1. The van der Waals surface area contributed by atoms with Gasteiger partial charge in [-0.1, -0.05) is 26.0 Å². The normalized spacial score (nSPS) is 11.2. The first-order valence-electron chi connectivity index (χ1n) is 8.14. The van der Waals surface area contributed by atoms with Gasteiger partial charge in [0.05, 0.1) is 6.61 Å². The zero-order valence-electron chi connectivity index (χ0n) is 14.6. The van der Waals surface area contributed by atoms with Gasteiger partial charge in [0, 0.05) is 6.08 Å². The minimum absolute atomic E-state index is 0.104. The second-order valence-corrected chi connectivity index (χ2v) is 5.71. The molecule has 0 saturated carbocycles. The van der Waals surface area contributed by atoms with Crippen LogP contribution in [0.3, 0.4) is 0 Å². The van der Waals surface area contributed by atoms with Crippen molar-refractivity contribution in [2.24, 2.45) is 0 Å². The Morgan fingerprint density at radius 2 is 1.96 bits per heavy atom. The van der Waals surface area contributed by atoms with E-state index in [2.05, 4.69) is 13.8 Å². The van der Waals surface area contributed by atoms with E-state index in [-0.39, 0.29) is 18.8 Å². The second kappa shape index (κ2) is 8.74. The van der Waals surface area contributed by atoms with Gasteiger partial charge in [0.15, 0.2) is 0 Å². The molecule has 1 heterocycles. The summed E-state index contributed by atoms with van der Waals surface area (Å²) >= 11 is 0. The molecule has 0 N–H and O–H groups in total. The highest BCUT2D eigenvalue weighted by molar-refractivity contribution is 5.97. The zero-order chi connectivity index (χ0) is 18.2. The Labute approximate surface area is 147 Å². The predicted octanol–water partition coefficient (Wildman–Crippen LogP) is 4.45. The minimum Gasteiger partial charge on any atom is -0.486 e. The molecule has 2 aromatic rings. The quantitative estimate of drug-likeness (QED) is 0.423. The van der Waals surface area contributed by atoms with Crippen molar-refractivity contribution < 1.29 is 18.7 Å². The summed E-state index contributed by atoms with van der Waals surface area (Å²) < 4.78 is 16.1. The lowest BCUT2D eigenvalue weighted by molar-refractivity contribution is -0.137. The number of furan rings is 1. The zero-order valence-corrected chi connectivity index (χ0v) is 14.6. The first-order valence-corrected chi connectivity index (χ1v) is 8.14. The molecule has 1 aromatic heterocycles. The van der Waals surface area contributed by atoms with Crippen molar-refractivity contribution in [2.75, 3.05) is 6.61 Å². The third-order valence-electron chi connectivity index (χ3n) is 3.51. The van der Waals surface area contributed by atoms with E-state index in [1.165, 1.54) is 11.6 Å². The molecule has 0 amide bonds. The summed E-state index contributed by atoms with van der Waals surface area (Å²) in [5.41, 5.74) is 1.15. The standard InChI is InChI=1S/C20H21NO4/c1-4-23-20(22)16(12-21)11-18-9-10-19(25-18)13-24-17-7-5-15(6-8-17)14(2)3/h5-11,14H,4,13H2,1-3H3/b16-11+. The molecule has 130 valence electrons. The van der Waals surface area contributed by atoms with E-state index in [1.807, 2.05) is 30.3 Å². The Kier molecular flexibility index (Phi) is 6.41. The van der Waals surface area contributed by atoms with Crippen LogP contribution in [-0.4, -0.2) is 12.6 Å². The highest BCUT2D eigenvalue weighted by Gasteiger charge is 2.11. The van der Waals surface area contributed by atoms with E-state index < -0.39 is 5.97 Å². The SMILES string of the molecule is CCOC(=O)/C(C#N)=C/c1ccc(COc2ccc(C(C)C)cc2)o1. The van der Waals surface area contributed by atoms with Crippen molar-refractivity contribution in [3.8, 4) is 11.8 Å². The predicted molar refractivity (Wildman–Crippen MR) is 93.8 cm³/mol. The number of nitrogens with zero attached hydrogens (tertiary/aromatic N) is 1. The summed E-state index contributed by atoms with van der Waals surface area (Å²) in [7, 11) is 0. The van der Waals surface area contributed by atoms with Crippen molar-refractivity contribution in [1.82, 2.24) is 0 Å². The highest BCUT2D eigenvalue weighted by Crippen LogP contribution is 2.20. The van der Waals surface area contributed by atoms with Crippen molar-refractivity contribution in [3.63, 3.8) is 0 Å². The van der Waals surface area contributed by atoms with Crippen LogP contribution >= 0.6 is 0 Å². The molecule has 0 aliphatic heterocycles. The first kappa shape index (κ1) is 18.3. The van der Waals surface area contributed by atoms with E-state index in [0.717, 1.165) is 5.75 Å². The molecule has 0 unspecified atom stereocenters. The summed E-state index contributed by atoms with van der Waals surface area (Å²) in [6.07, 6.45) is 1.36. The average molecular weight is 339 g/mol. The minimum atomic E-state index is -0.663. The average Bonchev–Trinajstić information content (AvgIpc) is 3.06. The van der Waals surface area contributed by atoms with Crippen LogP contribution < -0.4 is 4.74 Å². The van der Waals surface area contributed by atoms with Crippen LogP contribution in [-0.2, 0) is 16.1 Å². The number of esters is 1. The molecule has 5 nitrogen and oxygen atoms in total. The van der Waals surface area contributed by atoms with Gasteiger partial charge in [0.2, 0.25) is 0 Å². The van der Waals surface area contributed by atoms with Crippen LogP contribution in [0.5, 0.6) is 5.75 Å². The van der Waals surface area contributed by atoms with Gasteiger partial charge in [0.25, 0.3) is 0 Å². The molecule has 25 heavy (non-hydrogen) atoms. The molecule has 5 heteroatoms. The van der Waals surface area contributed by atoms with Gasteiger partial charge in [-0.25, -0.2) is 4.79 Å². The third-order valence-corrected chi connectivity index (χ3v) is 3.51. The maximum atomic E-state index is 11.6. The second-order valence-electron chi connectivity index (χ2n) is 5.71. The smallest absolute Gasteiger partial charge is 0.349 e. The van der Waals surface area contributed by atoms with Gasteiger partial charge in [-0.3, -0.25) is 0 Å². The van der Waals surface area contributed by atoms with Crippen molar-refractivity contribution in [3.05, 3.63) is 59.1 Å². The lowest BCUT2D eigenvalue weighted by Crippen LogP contribution is -2.05. The summed E-state index contributed by atoms with van der Waals surface area (Å²) in [6, 6.07) is 13.2. The molecule has 0 aliphatic carbocycles. The molecule has 0 spiro atoms. The number of benzene rings is 1. The van der Waals surface area contributed by atoms with Crippen LogP contribution in [0.2, 0.25) is 0 Å².